The molecule has 0 radical (unpaired) electrons. The van der Waals surface area contributed by atoms with Gasteiger partial charge in [-0.25, -0.2) is 8.78 Å². The van der Waals surface area contributed by atoms with E-state index >= 15 is 0 Å². The Balaban J connectivity index is 2.61. The van der Waals surface area contributed by atoms with Crippen molar-refractivity contribution in [1.29, 1.82) is 0 Å². The van der Waals surface area contributed by atoms with Crippen molar-refractivity contribution in [2.45, 2.75) is 25.8 Å². The molecule has 0 saturated carbocycles. The fraction of sp³-hybridized carbons (Fsp3) is 0.462. The minimum absolute atomic E-state index is 0.0144. The summed E-state index contributed by atoms with van der Waals surface area (Å²) in [6, 6.07) is 3.16. The molecule has 0 aliphatic heterocycles. The molecule has 2 N–H and O–H groups in total. The number of methoxy groups -OCH3 is 1. The normalized spacial score (nSPS) is 14.1. The van der Waals surface area contributed by atoms with Gasteiger partial charge in [0.25, 0.3) is 0 Å². The maximum absolute atomic E-state index is 13.0. The highest BCUT2D eigenvalue weighted by Crippen LogP contribution is 2.22. The average molecular weight is 257 g/mol. The van der Waals surface area contributed by atoms with Gasteiger partial charge in [-0.3, -0.25) is 4.79 Å². The Morgan fingerprint density at radius 1 is 1.39 bits per heavy atom. The molecule has 0 aliphatic carbocycles. The van der Waals surface area contributed by atoms with Crippen LogP contribution in [0.25, 0.3) is 0 Å². The Morgan fingerprint density at radius 3 is 2.61 bits per heavy atom. The molecular weight excluding hydrogens is 240 g/mol. The van der Waals surface area contributed by atoms with Crippen LogP contribution in [-0.2, 0) is 9.53 Å². The van der Waals surface area contributed by atoms with Crippen molar-refractivity contribution in [2.24, 2.45) is 11.7 Å². The van der Waals surface area contributed by atoms with E-state index in [4.69, 9.17) is 5.73 Å². The van der Waals surface area contributed by atoms with Crippen LogP contribution in [0.1, 0.15) is 31.4 Å². The van der Waals surface area contributed by atoms with Crippen molar-refractivity contribution in [3.63, 3.8) is 0 Å². The van der Waals surface area contributed by atoms with Crippen LogP contribution in [0, 0.1) is 17.6 Å². The lowest BCUT2D eigenvalue weighted by Gasteiger charge is -2.17. The highest BCUT2D eigenvalue weighted by Gasteiger charge is 2.16. The average Bonchev–Trinajstić information content (AvgIpc) is 2.32. The number of hydrogen-bond donors (Lipinski definition) is 1. The Kier molecular flexibility index (Phi) is 5.22. The van der Waals surface area contributed by atoms with Gasteiger partial charge in [-0.05, 0) is 30.0 Å². The summed E-state index contributed by atoms with van der Waals surface area (Å²) in [6.07, 6.45) is 0.758. The topological polar surface area (TPSA) is 52.3 Å². The van der Waals surface area contributed by atoms with Crippen molar-refractivity contribution in [3.05, 3.63) is 35.4 Å². The van der Waals surface area contributed by atoms with Crippen LogP contribution >= 0.6 is 0 Å². The number of carbonyl (C=O) groups excluding carboxylic acids is 1. The molecule has 0 saturated heterocycles. The molecule has 0 aliphatic rings. The fourth-order valence-corrected chi connectivity index (χ4v) is 1.76. The number of halogens is 2. The molecule has 0 spiro atoms. The first-order chi connectivity index (χ1) is 8.43. The van der Waals surface area contributed by atoms with Gasteiger partial charge in [0.1, 0.15) is 0 Å². The lowest BCUT2D eigenvalue weighted by atomic mass is 9.94. The quantitative estimate of drug-likeness (QED) is 0.825. The summed E-state index contributed by atoms with van der Waals surface area (Å²) in [5, 5.41) is 0. The monoisotopic (exact) mass is 257 g/mol. The Hall–Kier alpha value is -1.49. The minimum Gasteiger partial charge on any atom is -0.469 e. The molecule has 0 bridgehead atoms. The van der Waals surface area contributed by atoms with Crippen LogP contribution in [0.4, 0.5) is 8.78 Å². The van der Waals surface area contributed by atoms with Crippen molar-refractivity contribution >= 4 is 5.97 Å². The summed E-state index contributed by atoms with van der Waals surface area (Å²) in [4.78, 5) is 11.1. The number of carbonyl (C=O) groups is 1. The van der Waals surface area contributed by atoms with E-state index in [1.807, 2.05) is 6.92 Å². The highest BCUT2D eigenvalue weighted by atomic mass is 19.2. The number of nitrogens with two attached hydrogens (primary N) is 1. The minimum atomic E-state index is -0.913. The van der Waals surface area contributed by atoms with Crippen LogP contribution in [0.3, 0.4) is 0 Å². The summed E-state index contributed by atoms with van der Waals surface area (Å²) in [5.41, 5.74) is 6.41. The standard InChI is InChI=1S/C13H17F2NO2/c1-8(6-13(17)18-2)5-12(16)9-3-4-10(14)11(15)7-9/h3-4,7-8,12H,5-6,16H2,1-2H3. The molecule has 3 nitrogen and oxygen atoms in total. The Labute approximate surface area is 105 Å². The molecule has 0 amide bonds. The third kappa shape index (κ3) is 4.07. The van der Waals surface area contributed by atoms with Gasteiger partial charge in [-0.15, -0.1) is 0 Å². The SMILES string of the molecule is COC(=O)CC(C)CC(N)c1ccc(F)c(F)c1. The molecule has 1 aromatic rings. The second-order valence-electron chi connectivity index (χ2n) is 4.40. The van der Waals surface area contributed by atoms with Crippen molar-refractivity contribution in [1.82, 2.24) is 0 Å². The van der Waals surface area contributed by atoms with Gasteiger partial charge in [-0.2, -0.15) is 0 Å². The summed E-state index contributed by atoms with van der Waals surface area (Å²) in [5.74, 6) is -2.10. The largest absolute Gasteiger partial charge is 0.469 e. The van der Waals surface area contributed by atoms with Gasteiger partial charge < -0.3 is 10.5 Å². The third-order valence-corrected chi connectivity index (χ3v) is 2.77. The van der Waals surface area contributed by atoms with Crippen molar-refractivity contribution in [2.75, 3.05) is 7.11 Å². The third-order valence-electron chi connectivity index (χ3n) is 2.77. The Bertz CT molecular complexity index is 423. The molecule has 100 valence electrons. The number of rotatable bonds is 5. The van der Waals surface area contributed by atoms with Crippen LogP contribution in [0.2, 0.25) is 0 Å². The molecule has 0 aromatic heterocycles. The Morgan fingerprint density at radius 2 is 2.06 bits per heavy atom. The smallest absolute Gasteiger partial charge is 0.305 e. The first kappa shape index (κ1) is 14.6. The number of hydrogen-bond acceptors (Lipinski definition) is 3. The lowest BCUT2D eigenvalue weighted by molar-refractivity contribution is -0.141. The number of ether oxygens (including phenoxy) is 1. The van der Waals surface area contributed by atoms with Crippen LogP contribution in [0.5, 0.6) is 0 Å². The molecule has 1 aromatic carbocycles. The van der Waals surface area contributed by atoms with E-state index in [0.29, 0.717) is 12.0 Å². The molecule has 1 rings (SSSR count). The zero-order chi connectivity index (χ0) is 13.7. The van der Waals surface area contributed by atoms with E-state index in [-0.39, 0.29) is 18.3 Å². The molecule has 0 heterocycles. The summed E-state index contributed by atoms with van der Waals surface area (Å²) >= 11 is 0. The van der Waals surface area contributed by atoms with E-state index in [1.54, 1.807) is 0 Å². The van der Waals surface area contributed by atoms with Crippen molar-refractivity contribution < 1.29 is 18.3 Å². The second kappa shape index (κ2) is 6.44. The molecule has 0 fully saturated rings. The summed E-state index contributed by atoms with van der Waals surface area (Å²) in [6.45, 7) is 1.86. The molecule has 18 heavy (non-hydrogen) atoms. The summed E-state index contributed by atoms with van der Waals surface area (Å²) in [7, 11) is 1.32. The van der Waals surface area contributed by atoms with Crippen LogP contribution < -0.4 is 5.73 Å². The molecule has 2 unspecified atom stereocenters. The van der Waals surface area contributed by atoms with Gasteiger partial charge in [0.2, 0.25) is 0 Å². The van der Waals surface area contributed by atoms with Gasteiger partial charge in [0, 0.05) is 12.5 Å². The lowest BCUT2D eigenvalue weighted by Crippen LogP contribution is -2.17. The zero-order valence-electron chi connectivity index (χ0n) is 10.5. The molecule has 2 atom stereocenters. The van der Waals surface area contributed by atoms with E-state index in [0.717, 1.165) is 12.1 Å². The molecule has 5 heteroatoms. The predicted octanol–water partition coefficient (Wildman–Crippen LogP) is 2.55. The van der Waals surface area contributed by atoms with Gasteiger partial charge in [-0.1, -0.05) is 13.0 Å². The fourth-order valence-electron chi connectivity index (χ4n) is 1.76. The first-order valence-electron chi connectivity index (χ1n) is 5.71. The van der Waals surface area contributed by atoms with Gasteiger partial charge in [0.15, 0.2) is 11.6 Å². The van der Waals surface area contributed by atoms with E-state index < -0.39 is 17.7 Å². The van der Waals surface area contributed by atoms with E-state index in [2.05, 4.69) is 4.74 Å². The number of esters is 1. The maximum Gasteiger partial charge on any atom is 0.305 e. The zero-order valence-corrected chi connectivity index (χ0v) is 10.5. The van der Waals surface area contributed by atoms with Crippen LogP contribution in [-0.4, -0.2) is 13.1 Å². The van der Waals surface area contributed by atoms with E-state index in [9.17, 15) is 13.6 Å². The predicted molar refractivity (Wildman–Crippen MR) is 63.7 cm³/mol. The van der Waals surface area contributed by atoms with E-state index in [1.165, 1.54) is 13.2 Å². The van der Waals surface area contributed by atoms with Crippen LogP contribution in [0.15, 0.2) is 18.2 Å². The van der Waals surface area contributed by atoms with Gasteiger partial charge >= 0.3 is 5.97 Å². The van der Waals surface area contributed by atoms with Gasteiger partial charge in [0.05, 0.1) is 7.11 Å². The molecular formula is C13H17F2NO2. The second-order valence-corrected chi connectivity index (χ2v) is 4.40. The first-order valence-corrected chi connectivity index (χ1v) is 5.71. The highest BCUT2D eigenvalue weighted by molar-refractivity contribution is 5.69. The summed E-state index contributed by atoms with van der Waals surface area (Å²) < 4.78 is 30.4. The van der Waals surface area contributed by atoms with Crippen molar-refractivity contribution in [3.8, 4) is 0 Å². The number of benzene rings is 1. The maximum atomic E-state index is 13.0.